The Morgan fingerprint density at radius 1 is 0.783 bits per heavy atom. The van der Waals surface area contributed by atoms with Crippen LogP contribution in [0.4, 0.5) is 22.0 Å². The molecule has 0 radical (unpaired) electrons. The third-order valence-electron chi connectivity index (χ3n) is 4.11. The molecule has 1 N–H and O–H groups in total. The minimum atomic E-state index is -2.22. The van der Waals surface area contributed by atoms with Gasteiger partial charge in [-0.1, -0.05) is 32.1 Å². The highest BCUT2D eigenvalue weighted by Gasteiger charge is 2.27. The average Bonchev–Trinajstić information content (AvgIpc) is 2.50. The van der Waals surface area contributed by atoms with Crippen LogP contribution in [0.1, 0.15) is 50.5 Å². The first-order valence-corrected chi connectivity index (χ1v) is 7.71. The van der Waals surface area contributed by atoms with Gasteiger partial charge in [0.2, 0.25) is 11.7 Å². The molecule has 0 aromatic heterocycles. The molecular formula is C16H18F5NO. The van der Waals surface area contributed by atoms with Crippen LogP contribution in [0.5, 0.6) is 0 Å². The van der Waals surface area contributed by atoms with Gasteiger partial charge in [0, 0.05) is 11.6 Å². The van der Waals surface area contributed by atoms with Gasteiger partial charge >= 0.3 is 0 Å². The molecule has 0 spiro atoms. The average molecular weight is 335 g/mol. The SMILES string of the molecule is O=C(Cc1c(F)c(F)c(F)c(F)c1F)NC1CCCCCCC1. The van der Waals surface area contributed by atoms with Crippen LogP contribution in [0.2, 0.25) is 0 Å². The van der Waals surface area contributed by atoms with Crippen LogP contribution in [-0.2, 0) is 11.2 Å². The van der Waals surface area contributed by atoms with E-state index in [1.807, 2.05) is 0 Å². The molecule has 0 saturated heterocycles. The topological polar surface area (TPSA) is 29.1 Å². The summed E-state index contributed by atoms with van der Waals surface area (Å²) in [6.07, 6.45) is 5.77. The van der Waals surface area contributed by atoms with Gasteiger partial charge in [-0.05, 0) is 12.8 Å². The van der Waals surface area contributed by atoms with Crippen molar-refractivity contribution in [3.8, 4) is 0 Å². The van der Waals surface area contributed by atoms with Crippen molar-refractivity contribution in [2.24, 2.45) is 0 Å². The quantitative estimate of drug-likeness (QED) is 0.502. The molecule has 0 unspecified atom stereocenters. The van der Waals surface area contributed by atoms with E-state index in [4.69, 9.17) is 0 Å². The highest BCUT2D eigenvalue weighted by Crippen LogP contribution is 2.23. The van der Waals surface area contributed by atoms with Crippen molar-refractivity contribution in [1.82, 2.24) is 5.32 Å². The lowest BCUT2D eigenvalue weighted by Crippen LogP contribution is -2.36. The number of nitrogens with one attached hydrogen (secondary N) is 1. The van der Waals surface area contributed by atoms with Gasteiger partial charge in [0.15, 0.2) is 23.3 Å². The Kier molecular flexibility index (Phi) is 5.96. The summed E-state index contributed by atoms with van der Waals surface area (Å²) in [4.78, 5) is 11.9. The molecule has 1 saturated carbocycles. The summed E-state index contributed by atoms with van der Waals surface area (Å²) in [5.41, 5.74) is -1.09. The van der Waals surface area contributed by atoms with Crippen LogP contribution in [0.15, 0.2) is 0 Å². The van der Waals surface area contributed by atoms with Gasteiger partial charge in [-0.15, -0.1) is 0 Å². The van der Waals surface area contributed by atoms with E-state index in [1.54, 1.807) is 0 Å². The van der Waals surface area contributed by atoms with E-state index in [-0.39, 0.29) is 6.04 Å². The molecule has 1 aliphatic rings. The molecule has 128 valence electrons. The molecule has 23 heavy (non-hydrogen) atoms. The number of carbonyl (C=O) groups excluding carboxylic acids is 1. The van der Waals surface area contributed by atoms with Crippen molar-refractivity contribution >= 4 is 5.91 Å². The molecule has 0 bridgehead atoms. The van der Waals surface area contributed by atoms with Crippen LogP contribution in [0.25, 0.3) is 0 Å². The molecule has 0 heterocycles. The van der Waals surface area contributed by atoms with Crippen molar-refractivity contribution in [3.05, 3.63) is 34.6 Å². The Labute approximate surface area is 131 Å². The summed E-state index contributed by atoms with van der Waals surface area (Å²) in [7, 11) is 0. The van der Waals surface area contributed by atoms with Gasteiger partial charge in [0.25, 0.3) is 0 Å². The van der Waals surface area contributed by atoms with Gasteiger partial charge in [0.1, 0.15) is 0 Å². The third-order valence-corrected chi connectivity index (χ3v) is 4.11. The maximum Gasteiger partial charge on any atom is 0.224 e. The maximum absolute atomic E-state index is 13.6. The Balaban J connectivity index is 2.08. The zero-order chi connectivity index (χ0) is 17.0. The number of benzene rings is 1. The second-order valence-electron chi connectivity index (χ2n) is 5.83. The molecule has 1 aliphatic carbocycles. The van der Waals surface area contributed by atoms with E-state index in [0.29, 0.717) is 0 Å². The fraction of sp³-hybridized carbons (Fsp3) is 0.562. The fourth-order valence-corrected chi connectivity index (χ4v) is 2.85. The van der Waals surface area contributed by atoms with Crippen molar-refractivity contribution in [1.29, 1.82) is 0 Å². The molecule has 0 aliphatic heterocycles. The summed E-state index contributed by atoms with van der Waals surface area (Å²) >= 11 is 0. The van der Waals surface area contributed by atoms with Crippen LogP contribution >= 0.6 is 0 Å². The lowest BCUT2D eigenvalue weighted by molar-refractivity contribution is -0.121. The van der Waals surface area contributed by atoms with Crippen LogP contribution < -0.4 is 5.32 Å². The minimum Gasteiger partial charge on any atom is -0.353 e. The zero-order valence-electron chi connectivity index (χ0n) is 12.5. The number of hydrogen-bond donors (Lipinski definition) is 1. The van der Waals surface area contributed by atoms with E-state index >= 15 is 0 Å². The van der Waals surface area contributed by atoms with E-state index in [9.17, 15) is 26.7 Å². The number of amides is 1. The van der Waals surface area contributed by atoms with Crippen LogP contribution in [-0.4, -0.2) is 11.9 Å². The number of halogens is 5. The smallest absolute Gasteiger partial charge is 0.224 e. The summed E-state index contributed by atoms with van der Waals surface area (Å²) in [6, 6.07) is -0.121. The van der Waals surface area contributed by atoms with Crippen LogP contribution in [0.3, 0.4) is 0 Å². The third kappa shape index (κ3) is 4.20. The lowest BCUT2D eigenvalue weighted by Gasteiger charge is -2.21. The van der Waals surface area contributed by atoms with Gasteiger partial charge in [0.05, 0.1) is 6.42 Å². The summed E-state index contributed by atoms with van der Waals surface area (Å²) < 4.78 is 66.3. The molecule has 1 aromatic rings. The second kappa shape index (κ2) is 7.75. The summed E-state index contributed by atoms with van der Waals surface area (Å²) in [5, 5.41) is 2.63. The lowest BCUT2D eigenvalue weighted by atomic mass is 9.96. The first-order valence-electron chi connectivity index (χ1n) is 7.71. The van der Waals surface area contributed by atoms with Gasteiger partial charge < -0.3 is 5.32 Å². The first-order chi connectivity index (χ1) is 10.9. The molecule has 1 amide bonds. The predicted molar refractivity (Wildman–Crippen MR) is 74.2 cm³/mol. The van der Waals surface area contributed by atoms with E-state index in [1.165, 1.54) is 0 Å². The van der Waals surface area contributed by atoms with Gasteiger partial charge in [-0.3, -0.25) is 4.79 Å². The Morgan fingerprint density at radius 2 is 1.22 bits per heavy atom. The maximum atomic E-state index is 13.6. The van der Waals surface area contributed by atoms with Crippen molar-refractivity contribution in [2.45, 2.75) is 57.4 Å². The summed E-state index contributed by atoms with van der Waals surface area (Å²) in [5.74, 6) is -10.9. The summed E-state index contributed by atoms with van der Waals surface area (Å²) in [6.45, 7) is 0. The van der Waals surface area contributed by atoms with Crippen molar-refractivity contribution in [3.63, 3.8) is 0 Å². The number of carbonyl (C=O) groups is 1. The normalized spacial score (nSPS) is 16.7. The Morgan fingerprint density at radius 3 is 1.74 bits per heavy atom. The molecule has 7 heteroatoms. The van der Waals surface area contributed by atoms with Gasteiger partial charge in [-0.2, -0.15) is 0 Å². The second-order valence-corrected chi connectivity index (χ2v) is 5.83. The molecule has 2 nitrogen and oxygen atoms in total. The number of hydrogen-bond acceptors (Lipinski definition) is 1. The fourth-order valence-electron chi connectivity index (χ4n) is 2.85. The molecule has 1 aromatic carbocycles. The first kappa shape index (κ1) is 17.7. The van der Waals surface area contributed by atoms with Crippen molar-refractivity contribution in [2.75, 3.05) is 0 Å². The highest BCUT2D eigenvalue weighted by molar-refractivity contribution is 5.79. The van der Waals surface area contributed by atoms with E-state index in [2.05, 4.69) is 5.32 Å². The Hall–Kier alpha value is -1.66. The monoisotopic (exact) mass is 335 g/mol. The minimum absolute atomic E-state index is 0.121. The zero-order valence-corrected chi connectivity index (χ0v) is 12.5. The molecular weight excluding hydrogens is 317 g/mol. The van der Waals surface area contributed by atoms with E-state index < -0.39 is 47.0 Å². The highest BCUT2D eigenvalue weighted by atomic mass is 19.2. The van der Waals surface area contributed by atoms with Crippen molar-refractivity contribution < 1.29 is 26.7 Å². The van der Waals surface area contributed by atoms with Crippen LogP contribution in [0, 0.1) is 29.1 Å². The Bertz CT molecular complexity index is 553. The number of rotatable bonds is 3. The van der Waals surface area contributed by atoms with E-state index in [0.717, 1.165) is 44.9 Å². The predicted octanol–water partition coefficient (Wildman–Crippen LogP) is 4.15. The largest absolute Gasteiger partial charge is 0.353 e. The molecule has 0 atom stereocenters. The molecule has 1 fully saturated rings. The standard InChI is InChI=1S/C16H18F5NO/c17-12-10(13(18)15(20)16(21)14(12)19)8-11(23)22-9-6-4-2-1-3-5-7-9/h9H,1-8H2,(H,22,23). The van der Waals surface area contributed by atoms with Gasteiger partial charge in [-0.25, -0.2) is 22.0 Å². The molecule has 2 rings (SSSR count).